The minimum atomic E-state index is -0.836. The zero-order valence-electron chi connectivity index (χ0n) is 16.6. The second-order valence-corrected chi connectivity index (χ2v) is 8.27. The fourth-order valence-corrected chi connectivity index (χ4v) is 4.38. The van der Waals surface area contributed by atoms with Crippen molar-refractivity contribution >= 4 is 28.5 Å². The Morgan fingerprint density at radius 2 is 1.83 bits per heavy atom. The van der Waals surface area contributed by atoms with E-state index in [0.29, 0.717) is 5.02 Å². The lowest BCUT2D eigenvalue weighted by atomic mass is 9.90. The molecule has 3 aromatic rings. The van der Waals surface area contributed by atoms with Crippen LogP contribution in [0.15, 0.2) is 42.5 Å². The number of pyridine rings is 1. The van der Waals surface area contributed by atoms with Crippen LogP contribution in [0.1, 0.15) is 36.1 Å². The predicted molar refractivity (Wildman–Crippen MR) is 117 cm³/mol. The molecular weight excluding hydrogens is 384 g/mol. The van der Waals surface area contributed by atoms with Crippen molar-refractivity contribution in [3.8, 4) is 11.1 Å². The van der Waals surface area contributed by atoms with E-state index in [-0.39, 0.29) is 6.42 Å². The van der Waals surface area contributed by atoms with Gasteiger partial charge in [-0.15, -0.1) is 0 Å². The van der Waals surface area contributed by atoms with Crippen molar-refractivity contribution in [3.63, 3.8) is 0 Å². The van der Waals surface area contributed by atoms with Crippen LogP contribution in [0.3, 0.4) is 0 Å². The van der Waals surface area contributed by atoms with Crippen LogP contribution < -0.4 is 0 Å². The number of nitrogens with zero attached hydrogens (tertiary/aromatic N) is 2. The molecule has 0 unspecified atom stereocenters. The van der Waals surface area contributed by atoms with E-state index in [4.69, 9.17) is 16.6 Å². The second-order valence-electron chi connectivity index (χ2n) is 7.83. The predicted octanol–water partition coefficient (Wildman–Crippen LogP) is 5.48. The van der Waals surface area contributed by atoms with Gasteiger partial charge in [0.05, 0.1) is 17.6 Å². The molecule has 0 radical (unpaired) electrons. The van der Waals surface area contributed by atoms with Gasteiger partial charge in [-0.3, -0.25) is 14.7 Å². The normalized spacial score (nSPS) is 15.0. The van der Waals surface area contributed by atoms with Crippen molar-refractivity contribution in [2.45, 2.75) is 39.2 Å². The number of halogens is 1. The number of carbonyl (C=O) groups is 1. The molecule has 1 fully saturated rings. The smallest absolute Gasteiger partial charge is 0.307 e. The first-order valence-electron chi connectivity index (χ1n) is 10.1. The number of carboxylic acids is 1. The Balaban J connectivity index is 1.82. The van der Waals surface area contributed by atoms with E-state index < -0.39 is 5.97 Å². The quantitative estimate of drug-likeness (QED) is 0.607. The highest BCUT2D eigenvalue weighted by molar-refractivity contribution is 6.30. The number of benzene rings is 2. The molecular formula is C24H25ClN2O2. The van der Waals surface area contributed by atoms with E-state index in [9.17, 15) is 9.90 Å². The summed E-state index contributed by atoms with van der Waals surface area (Å²) in [6.45, 7) is 5.09. The van der Waals surface area contributed by atoms with E-state index in [0.717, 1.165) is 58.5 Å². The van der Waals surface area contributed by atoms with Crippen LogP contribution in [0, 0.1) is 6.92 Å². The molecule has 1 aliphatic heterocycles. The van der Waals surface area contributed by atoms with Crippen LogP contribution >= 0.6 is 11.6 Å². The van der Waals surface area contributed by atoms with Crippen molar-refractivity contribution < 1.29 is 9.90 Å². The first-order valence-corrected chi connectivity index (χ1v) is 10.5. The molecule has 1 aromatic heterocycles. The highest BCUT2D eigenvalue weighted by Crippen LogP contribution is 2.35. The van der Waals surface area contributed by atoms with Crippen LogP contribution in [0.5, 0.6) is 0 Å². The third kappa shape index (κ3) is 4.44. The monoisotopic (exact) mass is 408 g/mol. The van der Waals surface area contributed by atoms with Gasteiger partial charge >= 0.3 is 5.97 Å². The van der Waals surface area contributed by atoms with Crippen LogP contribution in [0.25, 0.3) is 22.0 Å². The SMILES string of the molecule is Cc1cc2nc(CN3CCCCC3)ccc2c(-c2ccc(Cl)cc2)c1CC(=O)O. The molecule has 1 aliphatic rings. The number of aromatic nitrogens is 1. The molecule has 0 aliphatic carbocycles. The second kappa shape index (κ2) is 8.52. The van der Waals surface area contributed by atoms with Gasteiger partial charge in [0, 0.05) is 17.0 Å². The Bertz CT molecular complexity index is 1040. The first kappa shape index (κ1) is 19.9. The number of aryl methyl sites for hydroxylation is 1. The Hall–Kier alpha value is -2.43. The minimum Gasteiger partial charge on any atom is -0.481 e. The van der Waals surface area contributed by atoms with Gasteiger partial charge in [0.15, 0.2) is 0 Å². The molecule has 29 heavy (non-hydrogen) atoms. The van der Waals surface area contributed by atoms with Gasteiger partial charge in [-0.05, 0) is 79.4 Å². The summed E-state index contributed by atoms with van der Waals surface area (Å²) in [7, 11) is 0. The van der Waals surface area contributed by atoms with Crippen molar-refractivity contribution in [1.29, 1.82) is 0 Å². The van der Waals surface area contributed by atoms with Gasteiger partial charge in [0.1, 0.15) is 0 Å². The maximum absolute atomic E-state index is 11.5. The van der Waals surface area contributed by atoms with Crippen molar-refractivity contribution in [3.05, 3.63) is 64.3 Å². The molecule has 2 aromatic carbocycles. The third-order valence-electron chi connectivity index (χ3n) is 5.68. The zero-order chi connectivity index (χ0) is 20.4. The summed E-state index contributed by atoms with van der Waals surface area (Å²) in [6, 6.07) is 13.8. The standard InChI is InChI=1S/C24H25ClN2O2/c1-16-13-22-20(10-9-19(26-22)15-27-11-3-2-4-12-27)24(21(16)14-23(28)29)17-5-7-18(25)8-6-17/h5-10,13H,2-4,11-12,14-15H2,1H3,(H,28,29). The molecule has 1 N–H and O–H groups in total. The summed E-state index contributed by atoms with van der Waals surface area (Å²) >= 11 is 6.08. The average molecular weight is 409 g/mol. The lowest BCUT2D eigenvalue weighted by molar-refractivity contribution is -0.136. The number of hydrogen-bond donors (Lipinski definition) is 1. The molecule has 0 saturated carbocycles. The number of fused-ring (bicyclic) bond motifs is 1. The highest BCUT2D eigenvalue weighted by atomic mass is 35.5. The maximum Gasteiger partial charge on any atom is 0.307 e. The van der Waals surface area contributed by atoms with Crippen LogP contribution in [0.2, 0.25) is 5.02 Å². The van der Waals surface area contributed by atoms with E-state index >= 15 is 0 Å². The average Bonchev–Trinajstić information content (AvgIpc) is 2.70. The van der Waals surface area contributed by atoms with Gasteiger partial charge in [0.2, 0.25) is 0 Å². The number of piperidine rings is 1. The number of carboxylic acid groups (broad SMARTS) is 1. The summed E-state index contributed by atoms with van der Waals surface area (Å²) in [5.74, 6) is -0.836. The number of rotatable bonds is 5. The first-order chi connectivity index (χ1) is 14.0. The Morgan fingerprint density at radius 1 is 1.10 bits per heavy atom. The fraction of sp³-hybridized carbons (Fsp3) is 0.333. The molecule has 150 valence electrons. The molecule has 4 rings (SSSR count). The molecule has 2 heterocycles. The van der Waals surface area contributed by atoms with Crippen LogP contribution in [-0.4, -0.2) is 34.0 Å². The van der Waals surface area contributed by atoms with Crippen molar-refractivity contribution in [1.82, 2.24) is 9.88 Å². The van der Waals surface area contributed by atoms with Crippen molar-refractivity contribution in [2.24, 2.45) is 0 Å². The number of aliphatic carboxylic acids is 1. The third-order valence-corrected chi connectivity index (χ3v) is 5.93. The molecule has 1 saturated heterocycles. The molecule has 4 nitrogen and oxygen atoms in total. The summed E-state index contributed by atoms with van der Waals surface area (Å²) in [6.07, 6.45) is 3.81. The van der Waals surface area contributed by atoms with E-state index in [1.54, 1.807) is 0 Å². The van der Waals surface area contributed by atoms with Gasteiger partial charge in [-0.2, -0.15) is 0 Å². The zero-order valence-corrected chi connectivity index (χ0v) is 17.4. The molecule has 0 bridgehead atoms. The van der Waals surface area contributed by atoms with Crippen LogP contribution in [0.4, 0.5) is 0 Å². The molecule has 0 spiro atoms. The van der Waals surface area contributed by atoms with Gasteiger partial charge < -0.3 is 5.11 Å². The van der Waals surface area contributed by atoms with Crippen molar-refractivity contribution in [2.75, 3.05) is 13.1 Å². The fourth-order valence-electron chi connectivity index (χ4n) is 4.25. The van der Waals surface area contributed by atoms with E-state index in [1.807, 2.05) is 37.3 Å². The summed E-state index contributed by atoms with van der Waals surface area (Å²) in [4.78, 5) is 18.9. The Labute approximate surface area is 176 Å². The van der Waals surface area contributed by atoms with E-state index in [2.05, 4.69) is 17.0 Å². The highest BCUT2D eigenvalue weighted by Gasteiger charge is 2.18. The lowest BCUT2D eigenvalue weighted by Gasteiger charge is -2.26. The van der Waals surface area contributed by atoms with Gasteiger partial charge in [-0.25, -0.2) is 0 Å². The van der Waals surface area contributed by atoms with Gasteiger partial charge in [-0.1, -0.05) is 36.2 Å². The molecule has 0 atom stereocenters. The summed E-state index contributed by atoms with van der Waals surface area (Å²) < 4.78 is 0. The van der Waals surface area contributed by atoms with Crippen LogP contribution in [-0.2, 0) is 17.8 Å². The molecule has 5 heteroatoms. The maximum atomic E-state index is 11.5. The summed E-state index contributed by atoms with van der Waals surface area (Å²) in [5, 5.41) is 11.1. The summed E-state index contributed by atoms with van der Waals surface area (Å²) in [5.41, 5.74) is 5.66. The topological polar surface area (TPSA) is 53.4 Å². The Morgan fingerprint density at radius 3 is 2.52 bits per heavy atom. The van der Waals surface area contributed by atoms with Gasteiger partial charge in [0.25, 0.3) is 0 Å². The minimum absolute atomic E-state index is 0.0186. The number of hydrogen-bond acceptors (Lipinski definition) is 3. The molecule has 0 amide bonds. The lowest BCUT2D eigenvalue weighted by Crippen LogP contribution is -2.29. The Kier molecular flexibility index (Phi) is 5.84. The largest absolute Gasteiger partial charge is 0.481 e. The van der Waals surface area contributed by atoms with E-state index in [1.165, 1.54) is 19.3 Å². The number of likely N-dealkylation sites (tertiary alicyclic amines) is 1.